The van der Waals surface area contributed by atoms with E-state index in [4.69, 9.17) is 10.00 Å². The van der Waals surface area contributed by atoms with Gasteiger partial charge in [-0.25, -0.2) is 0 Å². The second kappa shape index (κ2) is 8.49. The Morgan fingerprint density at radius 2 is 1.72 bits per heavy atom. The molecule has 0 radical (unpaired) electrons. The maximum Gasteiger partial charge on any atom is 0.262 e. The molecule has 0 bridgehead atoms. The van der Waals surface area contributed by atoms with Gasteiger partial charge in [-0.1, -0.05) is 42.5 Å². The highest BCUT2D eigenvalue weighted by molar-refractivity contribution is 5.96. The zero-order valence-electron chi connectivity index (χ0n) is 16.0. The summed E-state index contributed by atoms with van der Waals surface area (Å²) in [6.45, 7) is 0.806. The number of carbonyl (C=O) groups excluding carboxylic acids is 1. The monoisotopic (exact) mass is 383 g/mol. The van der Waals surface area contributed by atoms with Crippen molar-refractivity contribution in [2.24, 2.45) is 0 Å². The highest BCUT2D eigenvalue weighted by Gasteiger charge is 2.22. The minimum Gasteiger partial charge on any atom is -0.484 e. The molecular formula is C24H21N3O2. The van der Waals surface area contributed by atoms with Gasteiger partial charge in [0.2, 0.25) is 0 Å². The maximum absolute atomic E-state index is 12.5. The molecule has 29 heavy (non-hydrogen) atoms. The van der Waals surface area contributed by atoms with Gasteiger partial charge in [-0.3, -0.25) is 4.79 Å². The van der Waals surface area contributed by atoms with Crippen LogP contribution in [0.2, 0.25) is 0 Å². The van der Waals surface area contributed by atoms with Crippen molar-refractivity contribution in [3.8, 4) is 11.8 Å². The van der Waals surface area contributed by atoms with E-state index in [1.54, 1.807) is 12.1 Å². The molecule has 0 saturated carbocycles. The molecule has 5 nitrogen and oxygen atoms in total. The molecule has 0 fully saturated rings. The summed E-state index contributed by atoms with van der Waals surface area (Å²) in [4.78, 5) is 14.7. The normalized spacial score (nSPS) is 12.2. The fourth-order valence-electron chi connectivity index (χ4n) is 3.53. The van der Waals surface area contributed by atoms with E-state index >= 15 is 0 Å². The first kappa shape index (κ1) is 18.6. The van der Waals surface area contributed by atoms with E-state index in [9.17, 15) is 4.79 Å². The first-order chi connectivity index (χ1) is 14.2. The third-order valence-electron chi connectivity index (χ3n) is 4.93. The van der Waals surface area contributed by atoms with Crippen molar-refractivity contribution in [2.45, 2.75) is 12.8 Å². The predicted octanol–water partition coefficient (Wildman–Crippen LogP) is 4.46. The number of anilines is 3. The lowest BCUT2D eigenvalue weighted by Crippen LogP contribution is -2.22. The zero-order valence-corrected chi connectivity index (χ0v) is 16.0. The molecule has 0 unspecified atom stereocenters. The molecule has 0 spiro atoms. The first-order valence-corrected chi connectivity index (χ1v) is 9.57. The van der Waals surface area contributed by atoms with Crippen molar-refractivity contribution >= 4 is 23.0 Å². The fraction of sp³-hybridized carbons (Fsp3) is 0.167. The van der Waals surface area contributed by atoms with E-state index in [0.29, 0.717) is 12.2 Å². The van der Waals surface area contributed by atoms with Gasteiger partial charge in [0.1, 0.15) is 5.75 Å². The van der Waals surface area contributed by atoms with Crippen LogP contribution in [-0.4, -0.2) is 19.1 Å². The molecule has 1 aliphatic rings. The Balaban J connectivity index is 1.42. The van der Waals surface area contributed by atoms with E-state index < -0.39 is 0 Å². The Bertz CT molecular complexity index is 1050. The van der Waals surface area contributed by atoms with Crippen LogP contribution in [0.15, 0.2) is 72.8 Å². The molecule has 5 heteroatoms. The lowest BCUT2D eigenvalue weighted by molar-refractivity contribution is -0.118. The van der Waals surface area contributed by atoms with Crippen LogP contribution >= 0.6 is 0 Å². The number of para-hydroxylation sites is 3. The molecule has 3 aromatic rings. The Morgan fingerprint density at radius 3 is 2.52 bits per heavy atom. The van der Waals surface area contributed by atoms with Crippen LogP contribution in [0.1, 0.15) is 11.1 Å². The first-order valence-electron chi connectivity index (χ1n) is 9.57. The molecule has 1 aliphatic heterocycles. The molecular weight excluding hydrogens is 362 g/mol. The molecule has 1 N–H and O–H groups in total. The Hall–Kier alpha value is -3.78. The summed E-state index contributed by atoms with van der Waals surface area (Å²) in [6, 6.07) is 25.5. The maximum atomic E-state index is 12.5. The zero-order chi connectivity index (χ0) is 20.1. The molecule has 0 aliphatic carbocycles. The lowest BCUT2D eigenvalue weighted by atomic mass is 10.1. The summed E-state index contributed by atoms with van der Waals surface area (Å²) in [7, 11) is 0. The van der Waals surface area contributed by atoms with Gasteiger partial charge >= 0.3 is 0 Å². The Morgan fingerprint density at radius 1 is 1.00 bits per heavy atom. The second-order valence-corrected chi connectivity index (χ2v) is 6.86. The quantitative estimate of drug-likeness (QED) is 0.682. The number of hydrogen-bond donors (Lipinski definition) is 1. The molecule has 4 rings (SSSR count). The van der Waals surface area contributed by atoms with Crippen LogP contribution in [0.3, 0.4) is 0 Å². The summed E-state index contributed by atoms with van der Waals surface area (Å²) in [5.41, 5.74) is 5.16. The van der Waals surface area contributed by atoms with Gasteiger partial charge in [-0.2, -0.15) is 5.26 Å². The Labute approximate surface area is 170 Å². The number of nitrogens with zero attached hydrogens (tertiary/aromatic N) is 2. The summed E-state index contributed by atoms with van der Waals surface area (Å²) < 4.78 is 5.59. The number of nitriles is 1. The van der Waals surface area contributed by atoms with E-state index in [-0.39, 0.29) is 12.5 Å². The standard InChI is InChI=1S/C24H21N3O2/c25-15-13-18-9-11-20(12-10-18)29-17-24(28)26-21-6-2-4-8-23(21)27-16-14-19-5-1-3-7-22(19)27/h1-12H,13-14,16-17H2,(H,26,28). The van der Waals surface area contributed by atoms with Crippen LogP contribution in [0.25, 0.3) is 0 Å². The second-order valence-electron chi connectivity index (χ2n) is 6.86. The number of amides is 1. The van der Waals surface area contributed by atoms with Gasteiger partial charge in [0, 0.05) is 12.2 Å². The summed E-state index contributed by atoms with van der Waals surface area (Å²) >= 11 is 0. The number of fused-ring (bicyclic) bond motifs is 1. The molecule has 0 saturated heterocycles. The lowest BCUT2D eigenvalue weighted by Gasteiger charge is -2.23. The summed E-state index contributed by atoms with van der Waals surface area (Å²) in [5, 5.41) is 11.7. The number of rotatable bonds is 6. The van der Waals surface area contributed by atoms with Crippen molar-refractivity contribution in [1.82, 2.24) is 0 Å². The van der Waals surface area contributed by atoms with Crippen LogP contribution in [-0.2, 0) is 17.6 Å². The number of nitrogens with one attached hydrogen (secondary N) is 1. The third-order valence-corrected chi connectivity index (χ3v) is 4.93. The van der Waals surface area contributed by atoms with Crippen molar-refractivity contribution < 1.29 is 9.53 Å². The number of ether oxygens (including phenoxy) is 1. The molecule has 0 atom stereocenters. The van der Waals surface area contributed by atoms with Crippen LogP contribution in [0, 0.1) is 11.3 Å². The molecule has 1 heterocycles. The van der Waals surface area contributed by atoms with E-state index in [2.05, 4.69) is 34.5 Å². The average molecular weight is 383 g/mol. The van der Waals surface area contributed by atoms with E-state index in [1.165, 1.54) is 11.3 Å². The summed E-state index contributed by atoms with van der Waals surface area (Å²) in [6.07, 6.45) is 1.35. The van der Waals surface area contributed by atoms with Gasteiger partial charge in [-0.15, -0.1) is 0 Å². The smallest absolute Gasteiger partial charge is 0.262 e. The van der Waals surface area contributed by atoms with Crippen molar-refractivity contribution in [3.63, 3.8) is 0 Å². The van der Waals surface area contributed by atoms with Crippen LogP contribution in [0.5, 0.6) is 5.75 Å². The Kier molecular flexibility index (Phi) is 5.44. The SMILES string of the molecule is N#CCc1ccc(OCC(=O)Nc2ccccc2N2CCc3ccccc32)cc1. The van der Waals surface area contributed by atoms with Crippen LogP contribution in [0.4, 0.5) is 17.1 Å². The van der Waals surface area contributed by atoms with Gasteiger partial charge < -0.3 is 15.0 Å². The third kappa shape index (κ3) is 4.22. The highest BCUT2D eigenvalue weighted by atomic mass is 16.5. The van der Waals surface area contributed by atoms with Crippen molar-refractivity contribution in [1.29, 1.82) is 5.26 Å². The number of carbonyl (C=O) groups is 1. The largest absolute Gasteiger partial charge is 0.484 e. The van der Waals surface area contributed by atoms with Gasteiger partial charge in [0.05, 0.1) is 23.9 Å². The highest BCUT2D eigenvalue weighted by Crippen LogP contribution is 2.38. The van der Waals surface area contributed by atoms with Crippen molar-refractivity contribution in [3.05, 3.63) is 83.9 Å². The predicted molar refractivity (Wildman–Crippen MR) is 113 cm³/mol. The minimum atomic E-state index is -0.217. The van der Waals surface area contributed by atoms with Crippen molar-refractivity contribution in [2.75, 3.05) is 23.4 Å². The van der Waals surface area contributed by atoms with Gasteiger partial charge in [0.15, 0.2) is 6.61 Å². The molecule has 0 aromatic heterocycles. The summed E-state index contributed by atoms with van der Waals surface area (Å²) in [5.74, 6) is 0.384. The average Bonchev–Trinajstić information content (AvgIpc) is 3.18. The minimum absolute atomic E-state index is 0.0808. The van der Waals surface area contributed by atoms with Crippen LogP contribution < -0.4 is 15.0 Å². The molecule has 1 amide bonds. The number of hydrogen-bond acceptors (Lipinski definition) is 4. The number of benzene rings is 3. The van der Waals surface area contributed by atoms with Gasteiger partial charge in [0.25, 0.3) is 5.91 Å². The van der Waals surface area contributed by atoms with E-state index in [0.717, 1.165) is 29.9 Å². The topological polar surface area (TPSA) is 65.4 Å². The van der Waals surface area contributed by atoms with Gasteiger partial charge in [-0.05, 0) is 47.9 Å². The fourth-order valence-corrected chi connectivity index (χ4v) is 3.53. The van der Waals surface area contributed by atoms with E-state index in [1.807, 2.05) is 42.5 Å². The molecule has 3 aromatic carbocycles. The molecule has 144 valence electrons.